The lowest BCUT2D eigenvalue weighted by Gasteiger charge is -2.63. The minimum absolute atomic E-state index is 0.120. The first-order valence-corrected chi connectivity index (χ1v) is 18.4. The number of nitrogens with zero attached hydrogens (tertiary/aromatic N) is 1. The second kappa shape index (κ2) is 9.91. The molecule has 8 rings (SSSR count). The van der Waals surface area contributed by atoms with Gasteiger partial charge in [0.05, 0.1) is 31.5 Å². The quantitative estimate of drug-likeness (QED) is 0.377. The van der Waals surface area contributed by atoms with Crippen LogP contribution >= 0.6 is 0 Å². The molecule has 8 aliphatic rings. The van der Waals surface area contributed by atoms with Crippen LogP contribution in [0.2, 0.25) is 0 Å². The van der Waals surface area contributed by atoms with Gasteiger partial charge in [-0.25, -0.2) is 0 Å². The van der Waals surface area contributed by atoms with Crippen molar-refractivity contribution in [1.29, 1.82) is 0 Å². The normalized spacial score (nSPS) is 53.2. The van der Waals surface area contributed by atoms with Gasteiger partial charge in [-0.2, -0.15) is 0 Å². The minimum Gasteiger partial charge on any atom is -0.375 e. The second-order valence-corrected chi connectivity index (χ2v) is 18.1. The topological polar surface area (TPSA) is 74.0 Å². The first-order chi connectivity index (χ1) is 20.5. The Morgan fingerprint density at radius 2 is 1.74 bits per heavy atom. The van der Waals surface area contributed by atoms with Crippen molar-refractivity contribution in [2.75, 3.05) is 26.2 Å². The Bertz CT molecular complexity index is 1120. The molecule has 242 valence electrons. The van der Waals surface area contributed by atoms with Gasteiger partial charge in [-0.1, -0.05) is 34.6 Å². The summed E-state index contributed by atoms with van der Waals surface area (Å²) in [6.07, 6.45) is 16.7. The summed E-state index contributed by atoms with van der Waals surface area (Å²) in [6, 6.07) is 0. The van der Waals surface area contributed by atoms with E-state index in [0.717, 1.165) is 31.2 Å². The van der Waals surface area contributed by atoms with E-state index >= 15 is 0 Å². The van der Waals surface area contributed by atoms with Crippen LogP contribution in [0.25, 0.3) is 0 Å². The minimum atomic E-state index is -0.277. The van der Waals surface area contributed by atoms with Crippen LogP contribution in [0.3, 0.4) is 0 Å². The molecule has 0 bridgehead atoms. The maximum absolute atomic E-state index is 12.9. The van der Waals surface area contributed by atoms with Gasteiger partial charge in [0, 0.05) is 13.0 Å². The first kappa shape index (κ1) is 29.7. The number of carbonyl (C=O) groups excluding carboxylic acids is 1. The molecule has 6 nitrogen and oxygen atoms in total. The number of hydrogen-bond donors (Lipinski definition) is 1. The average molecular weight is 597 g/mol. The molecule has 5 unspecified atom stereocenters. The molecule has 43 heavy (non-hydrogen) atoms. The summed E-state index contributed by atoms with van der Waals surface area (Å²) < 4.78 is 19.9. The van der Waals surface area contributed by atoms with Crippen LogP contribution in [-0.2, 0) is 19.0 Å². The number of rotatable bonds is 6. The molecule has 0 aromatic carbocycles. The van der Waals surface area contributed by atoms with E-state index in [4.69, 9.17) is 19.9 Å². The fraction of sp³-hybridized carbons (Fsp3) is 0.973. The number of hydrogen-bond acceptors (Lipinski definition) is 5. The van der Waals surface area contributed by atoms with Gasteiger partial charge >= 0.3 is 0 Å². The summed E-state index contributed by atoms with van der Waals surface area (Å²) in [5.41, 5.74) is 7.87. The Balaban J connectivity index is 0.989. The van der Waals surface area contributed by atoms with Crippen molar-refractivity contribution in [3.63, 3.8) is 0 Å². The predicted molar refractivity (Wildman–Crippen MR) is 167 cm³/mol. The number of fused-ring (bicyclic) bond motifs is 4. The molecular weight excluding hydrogens is 536 g/mol. The zero-order valence-corrected chi connectivity index (χ0v) is 27.9. The van der Waals surface area contributed by atoms with E-state index < -0.39 is 0 Å². The molecule has 2 saturated heterocycles. The lowest BCUT2D eigenvalue weighted by atomic mass is 9.41. The molecule has 2 aliphatic heterocycles. The molecule has 2 N–H and O–H groups in total. The van der Waals surface area contributed by atoms with Gasteiger partial charge in [0.25, 0.3) is 0 Å². The van der Waals surface area contributed by atoms with Crippen LogP contribution in [0.4, 0.5) is 0 Å². The lowest BCUT2D eigenvalue weighted by Crippen LogP contribution is -2.58. The Kier molecular flexibility index (Phi) is 6.84. The van der Waals surface area contributed by atoms with E-state index in [1.807, 2.05) is 4.90 Å². The number of ether oxygens (including phenoxy) is 3. The van der Waals surface area contributed by atoms with Crippen molar-refractivity contribution < 1.29 is 19.0 Å². The monoisotopic (exact) mass is 596 g/mol. The van der Waals surface area contributed by atoms with Crippen molar-refractivity contribution in [2.45, 2.75) is 143 Å². The van der Waals surface area contributed by atoms with Crippen LogP contribution in [-0.4, -0.2) is 61.7 Å². The van der Waals surface area contributed by atoms with E-state index in [0.29, 0.717) is 83.6 Å². The van der Waals surface area contributed by atoms with Crippen molar-refractivity contribution in [1.82, 2.24) is 4.90 Å². The van der Waals surface area contributed by atoms with Crippen LogP contribution in [0.1, 0.15) is 118 Å². The van der Waals surface area contributed by atoms with E-state index in [9.17, 15) is 4.79 Å². The molecule has 8 fully saturated rings. The van der Waals surface area contributed by atoms with Crippen LogP contribution in [0.15, 0.2) is 0 Å². The predicted octanol–water partition coefficient (Wildman–Crippen LogP) is 6.55. The third-order valence-electron chi connectivity index (χ3n) is 16.0. The van der Waals surface area contributed by atoms with Crippen LogP contribution in [0, 0.1) is 56.7 Å². The fourth-order valence-corrected chi connectivity index (χ4v) is 13.8. The van der Waals surface area contributed by atoms with E-state index in [1.54, 1.807) is 0 Å². The summed E-state index contributed by atoms with van der Waals surface area (Å²) in [5.74, 6) is 3.90. The largest absolute Gasteiger partial charge is 0.375 e. The molecule has 6 heteroatoms. The Labute approximate surface area is 260 Å². The van der Waals surface area contributed by atoms with Crippen molar-refractivity contribution in [3.05, 3.63) is 0 Å². The Hall–Kier alpha value is -0.690. The maximum atomic E-state index is 12.9. The highest BCUT2D eigenvalue weighted by molar-refractivity contribution is 5.76. The molecule has 1 amide bonds. The highest BCUT2D eigenvalue weighted by Crippen LogP contribution is 2.89. The molecule has 6 saturated carbocycles. The molecule has 2 heterocycles. The smallest absolute Gasteiger partial charge is 0.223 e. The first-order valence-electron chi connectivity index (χ1n) is 18.4. The average Bonchev–Trinajstić information content (AvgIpc) is 3.87. The molecule has 6 aliphatic carbocycles. The molecule has 0 aromatic heterocycles. The fourth-order valence-electron chi connectivity index (χ4n) is 13.8. The maximum Gasteiger partial charge on any atom is 0.223 e. The molecular formula is C37H60N2O4. The number of amides is 1. The second-order valence-electron chi connectivity index (χ2n) is 18.1. The summed E-state index contributed by atoms with van der Waals surface area (Å²) in [6.45, 7) is 15.6. The number of nitrogens with two attached hydrogens (primary N) is 1. The summed E-state index contributed by atoms with van der Waals surface area (Å²) >= 11 is 0. The third-order valence-corrected chi connectivity index (χ3v) is 16.0. The number of morpholine rings is 1. The Morgan fingerprint density at radius 3 is 2.51 bits per heavy atom. The van der Waals surface area contributed by atoms with E-state index in [2.05, 4.69) is 34.6 Å². The van der Waals surface area contributed by atoms with Gasteiger partial charge in [-0.15, -0.1) is 0 Å². The van der Waals surface area contributed by atoms with E-state index in [-0.39, 0.29) is 17.8 Å². The molecule has 2 spiro atoms. The van der Waals surface area contributed by atoms with Gasteiger partial charge in [-0.3, -0.25) is 4.79 Å². The molecule has 0 aromatic rings. The van der Waals surface area contributed by atoms with E-state index in [1.165, 1.54) is 64.2 Å². The standard InChI is InChI=1S/C37H60N2O4/c1-23-18-25(11-15-38)42-26-20-35(5)28-9-8-27-33(2,3)29(43-31-21-39(16-17-41-31)30(40)19-24-6-7-24)10-12-36(27)22-37(28,36)14-13-34(35,4)32(23)26/h23-29,31-32H,6-22,38H2,1-5H3/t23-,25?,26?,27?,28+,29+,31?,32?,34-,35+,36-,37+/m1/s1. The molecule has 12 atom stereocenters. The van der Waals surface area contributed by atoms with Gasteiger partial charge in [0.15, 0.2) is 6.29 Å². The molecule has 0 radical (unpaired) electrons. The van der Waals surface area contributed by atoms with Crippen LogP contribution in [0.5, 0.6) is 0 Å². The van der Waals surface area contributed by atoms with Gasteiger partial charge in [-0.05, 0) is 140 Å². The Morgan fingerprint density at radius 1 is 0.977 bits per heavy atom. The highest BCUT2D eigenvalue weighted by atomic mass is 16.7. The zero-order chi connectivity index (χ0) is 30.0. The summed E-state index contributed by atoms with van der Waals surface area (Å²) in [5, 5.41) is 0. The SMILES string of the molecule is C[C@@H]1CC(CCN)OC2C[C@@]3(C)[C@@H]4CCC5C(C)(C)[C@@H](OC6CN(C(=O)CC7CC7)CCO6)CC[C@@]56C[C@@]46CC[C@]3(C)C21. The van der Waals surface area contributed by atoms with Crippen molar-refractivity contribution in [3.8, 4) is 0 Å². The van der Waals surface area contributed by atoms with Crippen molar-refractivity contribution >= 4 is 5.91 Å². The summed E-state index contributed by atoms with van der Waals surface area (Å²) in [7, 11) is 0. The lowest BCUT2D eigenvalue weighted by molar-refractivity contribution is -0.246. The highest BCUT2D eigenvalue weighted by Gasteiger charge is 2.83. The summed E-state index contributed by atoms with van der Waals surface area (Å²) in [4.78, 5) is 14.9. The van der Waals surface area contributed by atoms with Crippen molar-refractivity contribution in [2.24, 2.45) is 62.4 Å². The van der Waals surface area contributed by atoms with Gasteiger partial charge in [0.2, 0.25) is 5.91 Å². The zero-order valence-electron chi connectivity index (χ0n) is 27.9. The third kappa shape index (κ3) is 4.13. The number of carbonyl (C=O) groups is 1. The van der Waals surface area contributed by atoms with Crippen LogP contribution < -0.4 is 5.73 Å². The van der Waals surface area contributed by atoms with Gasteiger partial charge in [0.1, 0.15) is 0 Å². The van der Waals surface area contributed by atoms with Gasteiger partial charge < -0.3 is 24.8 Å².